The average molecular weight is 284 g/mol. The first kappa shape index (κ1) is 15.3. The number of carboxylic acid groups (broad SMARTS) is 1. The van der Waals surface area contributed by atoms with Gasteiger partial charge in [-0.15, -0.1) is 17.9 Å². The van der Waals surface area contributed by atoms with Crippen LogP contribution >= 0.6 is 11.3 Å². The predicted octanol–water partition coefficient (Wildman–Crippen LogP) is 1.44. The number of hydrogen-bond acceptors (Lipinski definition) is 5. The van der Waals surface area contributed by atoms with Gasteiger partial charge < -0.3 is 15.2 Å². The molecular weight excluding hydrogens is 268 g/mol. The predicted molar refractivity (Wildman–Crippen MR) is 71.1 cm³/mol. The van der Waals surface area contributed by atoms with E-state index in [0.717, 1.165) is 0 Å². The average Bonchev–Trinajstić information content (AvgIpc) is 2.85. The number of nitrogens with one attached hydrogen (secondary N) is 1. The lowest BCUT2D eigenvalue weighted by atomic mass is 10.3. The molecule has 0 saturated heterocycles. The Morgan fingerprint density at radius 3 is 3.00 bits per heavy atom. The maximum Gasteiger partial charge on any atom is 0.355 e. The zero-order valence-electron chi connectivity index (χ0n) is 10.6. The molecule has 1 rings (SSSR count). The van der Waals surface area contributed by atoms with Crippen molar-refractivity contribution in [3.63, 3.8) is 0 Å². The number of thiazole rings is 1. The normalized spacial score (nSPS) is 11.8. The van der Waals surface area contributed by atoms with Crippen molar-refractivity contribution in [2.24, 2.45) is 0 Å². The Balaban J connectivity index is 2.36. The highest BCUT2D eigenvalue weighted by Gasteiger charge is 2.14. The van der Waals surface area contributed by atoms with E-state index in [4.69, 9.17) is 9.84 Å². The van der Waals surface area contributed by atoms with Gasteiger partial charge in [0.15, 0.2) is 5.69 Å². The number of aromatic nitrogens is 1. The highest BCUT2D eigenvalue weighted by molar-refractivity contribution is 7.09. The lowest BCUT2D eigenvalue weighted by Crippen LogP contribution is -2.34. The zero-order chi connectivity index (χ0) is 14.3. The van der Waals surface area contributed by atoms with Crippen LogP contribution in [0.2, 0.25) is 0 Å². The van der Waals surface area contributed by atoms with Gasteiger partial charge in [-0.05, 0) is 13.3 Å². The fourth-order valence-corrected chi connectivity index (χ4v) is 1.91. The van der Waals surface area contributed by atoms with Crippen LogP contribution in [0.1, 0.15) is 28.8 Å². The summed E-state index contributed by atoms with van der Waals surface area (Å²) in [5, 5.41) is 13.3. The van der Waals surface area contributed by atoms with Gasteiger partial charge in [-0.1, -0.05) is 6.08 Å². The van der Waals surface area contributed by atoms with E-state index in [-0.39, 0.29) is 18.1 Å². The molecule has 19 heavy (non-hydrogen) atoms. The van der Waals surface area contributed by atoms with Crippen molar-refractivity contribution in [1.82, 2.24) is 10.3 Å². The van der Waals surface area contributed by atoms with Crippen LogP contribution < -0.4 is 5.32 Å². The number of carbonyl (C=O) groups excluding carboxylic acids is 1. The van der Waals surface area contributed by atoms with Crippen LogP contribution in [0, 0.1) is 0 Å². The third-order valence-corrected chi connectivity index (χ3v) is 3.09. The van der Waals surface area contributed by atoms with Gasteiger partial charge in [0, 0.05) is 5.38 Å². The molecule has 0 spiro atoms. The topological polar surface area (TPSA) is 88.5 Å². The third kappa shape index (κ3) is 5.19. The van der Waals surface area contributed by atoms with Gasteiger partial charge in [-0.25, -0.2) is 9.78 Å². The van der Waals surface area contributed by atoms with E-state index in [1.807, 2.05) is 0 Å². The van der Waals surface area contributed by atoms with Crippen LogP contribution in [0.3, 0.4) is 0 Å². The summed E-state index contributed by atoms with van der Waals surface area (Å²) in [6, 6.07) is 0. The van der Waals surface area contributed by atoms with E-state index < -0.39 is 12.1 Å². The molecule has 0 aliphatic heterocycles. The number of amides is 1. The number of ether oxygens (including phenoxy) is 1. The van der Waals surface area contributed by atoms with Crippen molar-refractivity contribution in [1.29, 1.82) is 0 Å². The van der Waals surface area contributed by atoms with Crippen molar-refractivity contribution in [2.45, 2.75) is 26.0 Å². The highest BCUT2D eigenvalue weighted by atomic mass is 32.1. The summed E-state index contributed by atoms with van der Waals surface area (Å²) >= 11 is 1.19. The van der Waals surface area contributed by atoms with Gasteiger partial charge in [-0.3, -0.25) is 4.79 Å². The van der Waals surface area contributed by atoms with Crippen molar-refractivity contribution < 1.29 is 19.4 Å². The molecule has 0 aliphatic rings. The highest BCUT2D eigenvalue weighted by Crippen LogP contribution is 2.09. The molecule has 2 N–H and O–H groups in total. The molecule has 0 aliphatic carbocycles. The number of carboxylic acids is 1. The van der Waals surface area contributed by atoms with E-state index in [2.05, 4.69) is 16.9 Å². The van der Waals surface area contributed by atoms with E-state index in [1.54, 1.807) is 13.0 Å². The molecule has 0 fully saturated rings. The van der Waals surface area contributed by atoms with Gasteiger partial charge in [0.1, 0.15) is 11.1 Å². The monoisotopic (exact) mass is 284 g/mol. The Kier molecular flexibility index (Phi) is 6.17. The summed E-state index contributed by atoms with van der Waals surface area (Å²) in [7, 11) is 0. The summed E-state index contributed by atoms with van der Waals surface area (Å²) in [5.74, 6) is -1.33. The Morgan fingerprint density at radius 1 is 1.68 bits per heavy atom. The summed E-state index contributed by atoms with van der Waals surface area (Å²) in [6.45, 7) is 5.86. The van der Waals surface area contributed by atoms with Gasteiger partial charge >= 0.3 is 5.97 Å². The van der Waals surface area contributed by atoms with E-state index in [9.17, 15) is 9.59 Å². The molecule has 0 radical (unpaired) electrons. The molecule has 0 aromatic carbocycles. The number of nitrogens with zero attached hydrogens (tertiary/aromatic N) is 1. The molecule has 104 valence electrons. The minimum atomic E-state index is -1.07. The maximum atomic E-state index is 11.6. The summed E-state index contributed by atoms with van der Waals surface area (Å²) in [5.41, 5.74) is -0.00969. The molecule has 6 nitrogen and oxygen atoms in total. The quantitative estimate of drug-likeness (QED) is 0.557. The van der Waals surface area contributed by atoms with Gasteiger partial charge in [-0.2, -0.15) is 0 Å². The van der Waals surface area contributed by atoms with Crippen LogP contribution in [0.15, 0.2) is 18.0 Å². The van der Waals surface area contributed by atoms with Crippen molar-refractivity contribution in [3.05, 3.63) is 28.7 Å². The minimum Gasteiger partial charge on any atom is -0.476 e. The van der Waals surface area contributed by atoms with Gasteiger partial charge in [0.25, 0.3) is 0 Å². The van der Waals surface area contributed by atoms with Crippen LogP contribution in [0.4, 0.5) is 0 Å². The Morgan fingerprint density at radius 2 is 2.42 bits per heavy atom. The first-order valence-corrected chi connectivity index (χ1v) is 6.60. The molecular formula is C12H16N2O4S. The zero-order valence-corrected chi connectivity index (χ0v) is 11.4. The minimum absolute atomic E-state index is 0.00969. The van der Waals surface area contributed by atoms with Crippen molar-refractivity contribution in [2.75, 3.05) is 6.61 Å². The molecule has 1 aromatic heterocycles. The molecule has 1 aromatic rings. The Hall–Kier alpha value is -1.73. The second-order valence-electron chi connectivity index (χ2n) is 3.74. The standard InChI is InChI=1S/C12H16N2O4S/c1-3-4-5-18-8(2)11(15)13-6-10-14-9(7-19-10)12(16)17/h3,7-8H,1,4-6H2,2H3,(H,13,15)(H,16,17). The molecule has 1 amide bonds. The van der Waals surface area contributed by atoms with Crippen LogP contribution in [-0.2, 0) is 16.1 Å². The summed E-state index contributed by atoms with van der Waals surface area (Å²) < 4.78 is 5.28. The van der Waals surface area contributed by atoms with Gasteiger partial charge in [0.05, 0.1) is 13.2 Å². The van der Waals surface area contributed by atoms with Crippen molar-refractivity contribution >= 4 is 23.2 Å². The first-order valence-electron chi connectivity index (χ1n) is 5.72. The second-order valence-corrected chi connectivity index (χ2v) is 4.68. The number of aromatic carboxylic acids is 1. The van der Waals surface area contributed by atoms with Crippen LogP contribution in [0.25, 0.3) is 0 Å². The maximum absolute atomic E-state index is 11.6. The lowest BCUT2D eigenvalue weighted by Gasteiger charge is -2.11. The fraction of sp³-hybridized carbons (Fsp3) is 0.417. The van der Waals surface area contributed by atoms with Crippen LogP contribution in [-0.4, -0.2) is 34.7 Å². The van der Waals surface area contributed by atoms with Crippen LogP contribution in [0.5, 0.6) is 0 Å². The number of hydrogen-bond donors (Lipinski definition) is 2. The molecule has 1 atom stereocenters. The van der Waals surface area contributed by atoms with E-state index in [1.165, 1.54) is 16.7 Å². The fourth-order valence-electron chi connectivity index (χ4n) is 1.20. The largest absolute Gasteiger partial charge is 0.476 e. The first-order chi connectivity index (χ1) is 9.04. The number of carbonyl (C=O) groups is 2. The molecule has 1 unspecified atom stereocenters. The molecule has 7 heteroatoms. The van der Waals surface area contributed by atoms with Gasteiger partial charge in [0.2, 0.25) is 5.91 Å². The van der Waals surface area contributed by atoms with Crippen molar-refractivity contribution in [3.8, 4) is 0 Å². The Bertz CT molecular complexity index is 458. The summed E-state index contributed by atoms with van der Waals surface area (Å²) in [6.07, 6.45) is 1.85. The Labute approximate surface area is 115 Å². The number of rotatable bonds is 8. The smallest absolute Gasteiger partial charge is 0.355 e. The second kappa shape index (κ2) is 7.65. The molecule has 0 bridgehead atoms. The molecule has 0 saturated carbocycles. The summed E-state index contributed by atoms with van der Waals surface area (Å²) in [4.78, 5) is 26.2. The lowest BCUT2D eigenvalue weighted by molar-refractivity contribution is -0.131. The molecule has 1 heterocycles. The third-order valence-electron chi connectivity index (χ3n) is 2.24. The van der Waals surface area contributed by atoms with E-state index >= 15 is 0 Å². The van der Waals surface area contributed by atoms with E-state index in [0.29, 0.717) is 18.0 Å². The SMILES string of the molecule is C=CCCOC(C)C(=O)NCc1nc(C(=O)O)cs1.